The molecule has 1 aromatic carbocycles. The van der Waals surface area contributed by atoms with Crippen LogP contribution in [0.5, 0.6) is 0 Å². The highest BCUT2D eigenvalue weighted by Gasteiger charge is 2.22. The molecule has 0 aliphatic carbocycles. The van der Waals surface area contributed by atoms with E-state index in [-0.39, 0.29) is 5.82 Å². The Bertz CT molecular complexity index is 327. The van der Waals surface area contributed by atoms with E-state index in [1.165, 1.54) is 5.56 Å². The maximum Gasteiger partial charge on any atom is 0.137 e. The SMILES string of the molecule is CNCC1CCSc2c(F)cccc21. The fourth-order valence-corrected chi connectivity index (χ4v) is 3.13. The zero-order valence-electron chi connectivity index (χ0n) is 8.22. The van der Waals surface area contributed by atoms with Gasteiger partial charge in [0.05, 0.1) is 0 Å². The van der Waals surface area contributed by atoms with Crippen LogP contribution in [-0.2, 0) is 0 Å². The maximum atomic E-state index is 13.4. The Morgan fingerprint density at radius 2 is 2.43 bits per heavy atom. The number of halogens is 1. The lowest BCUT2D eigenvalue weighted by Crippen LogP contribution is -2.20. The average molecular weight is 211 g/mol. The average Bonchev–Trinajstić information content (AvgIpc) is 2.20. The third-order valence-electron chi connectivity index (χ3n) is 2.60. The van der Waals surface area contributed by atoms with Gasteiger partial charge in [-0.25, -0.2) is 4.39 Å². The molecule has 1 aliphatic rings. The van der Waals surface area contributed by atoms with Crippen molar-refractivity contribution in [3.05, 3.63) is 29.6 Å². The largest absolute Gasteiger partial charge is 0.319 e. The van der Waals surface area contributed by atoms with Gasteiger partial charge in [-0.15, -0.1) is 11.8 Å². The molecule has 0 radical (unpaired) electrons. The van der Waals surface area contributed by atoms with E-state index in [9.17, 15) is 4.39 Å². The summed E-state index contributed by atoms with van der Waals surface area (Å²) in [5.74, 6) is 1.44. The van der Waals surface area contributed by atoms with Crippen LogP contribution >= 0.6 is 11.8 Å². The van der Waals surface area contributed by atoms with Gasteiger partial charge in [0, 0.05) is 11.4 Å². The van der Waals surface area contributed by atoms with Crippen molar-refractivity contribution >= 4 is 11.8 Å². The van der Waals surface area contributed by atoms with Crippen LogP contribution in [0.2, 0.25) is 0 Å². The van der Waals surface area contributed by atoms with E-state index >= 15 is 0 Å². The molecule has 0 saturated heterocycles. The Hall–Kier alpha value is -0.540. The molecule has 2 rings (SSSR count). The van der Waals surface area contributed by atoms with Crippen molar-refractivity contribution in [2.24, 2.45) is 0 Å². The Morgan fingerprint density at radius 1 is 1.57 bits per heavy atom. The summed E-state index contributed by atoms with van der Waals surface area (Å²) in [4.78, 5) is 0.860. The Balaban J connectivity index is 2.34. The van der Waals surface area contributed by atoms with Gasteiger partial charge in [0.2, 0.25) is 0 Å². The summed E-state index contributed by atoms with van der Waals surface area (Å²) in [5.41, 5.74) is 1.18. The first-order valence-electron chi connectivity index (χ1n) is 4.88. The molecular weight excluding hydrogens is 197 g/mol. The van der Waals surface area contributed by atoms with Crippen molar-refractivity contribution in [1.82, 2.24) is 5.32 Å². The van der Waals surface area contributed by atoms with Crippen LogP contribution in [0.4, 0.5) is 4.39 Å². The van der Waals surface area contributed by atoms with Crippen LogP contribution < -0.4 is 5.32 Å². The Kier molecular flexibility index (Phi) is 3.08. The smallest absolute Gasteiger partial charge is 0.137 e. The van der Waals surface area contributed by atoms with E-state index in [0.29, 0.717) is 5.92 Å². The highest BCUT2D eigenvalue weighted by molar-refractivity contribution is 7.99. The van der Waals surface area contributed by atoms with E-state index < -0.39 is 0 Å². The highest BCUT2D eigenvalue weighted by Crippen LogP contribution is 2.38. The zero-order valence-corrected chi connectivity index (χ0v) is 9.03. The van der Waals surface area contributed by atoms with Gasteiger partial charge in [-0.3, -0.25) is 0 Å². The molecule has 76 valence electrons. The second-order valence-electron chi connectivity index (χ2n) is 3.55. The second-order valence-corrected chi connectivity index (χ2v) is 4.66. The van der Waals surface area contributed by atoms with Crippen molar-refractivity contribution in [1.29, 1.82) is 0 Å². The minimum atomic E-state index is -0.0618. The highest BCUT2D eigenvalue weighted by atomic mass is 32.2. The molecular formula is C11H14FNS. The minimum absolute atomic E-state index is 0.0618. The number of thioether (sulfide) groups is 1. The number of likely N-dealkylation sites (N-methyl/N-ethyl adjacent to an activating group) is 1. The molecule has 0 aromatic heterocycles. The normalized spacial score (nSPS) is 20.6. The number of benzene rings is 1. The van der Waals surface area contributed by atoms with E-state index in [0.717, 1.165) is 23.6 Å². The van der Waals surface area contributed by atoms with Crippen LogP contribution in [0.3, 0.4) is 0 Å². The van der Waals surface area contributed by atoms with Gasteiger partial charge in [-0.2, -0.15) is 0 Å². The molecule has 0 spiro atoms. The molecule has 3 heteroatoms. The standard InChI is InChI=1S/C11H14FNS/c1-13-7-8-5-6-14-11-9(8)3-2-4-10(11)12/h2-4,8,13H,5-7H2,1H3. The summed E-state index contributed by atoms with van der Waals surface area (Å²) in [6.45, 7) is 0.941. The zero-order chi connectivity index (χ0) is 9.97. The Labute approximate surface area is 88.1 Å². The van der Waals surface area contributed by atoms with Crippen LogP contribution in [0, 0.1) is 5.82 Å². The molecule has 1 aliphatic heterocycles. The molecule has 0 amide bonds. The molecule has 0 fully saturated rings. The molecule has 1 heterocycles. The number of hydrogen-bond acceptors (Lipinski definition) is 2. The third kappa shape index (κ3) is 1.79. The molecule has 1 N–H and O–H groups in total. The van der Waals surface area contributed by atoms with Crippen LogP contribution in [0.1, 0.15) is 17.9 Å². The first-order chi connectivity index (χ1) is 6.83. The Morgan fingerprint density at radius 3 is 3.21 bits per heavy atom. The van der Waals surface area contributed by atoms with Gasteiger partial charge in [0.1, 0.15) is 5.82 Å². The monoisotopic (exact) mass is 211 g/mol. The number of nitrogens with one attached hydrogen (secondary N) is 1. The summed E-state index contributed by atoms with van der Waals surface area (Å²) < 4.78 is 13.4. The van der Waals surface area contributed by atoms with Crippen LogP contribution in [-0.4, -0.2) is 19.3 Å². The summed E-state index contributed by atoms with van der Waals surface area (Å²) in [7, 11) is 1.95. The fraction of sp³-hybridized carbons (Fsp3) is 0.455. The summed E-state index contributed by atoms with van der Waals surface area (Å²) in [6, 6.07) is 5.41. The maximum absolute atomic E-state index is 13.4. The quantitative estimate of drug-likeness (QED) is 0.807. The van der Waals surface area contributed by atoms with Gasteiger partial charge in [-0.1, -0.05) is 12.1 Å². The van der Waals surface area contributed by atoms with Crippen LogP contribution in [0.25, 0.3) is 0 Å². The van der Waals surface area contributed by atoms with E-state index in [2.05, 4.69) is 5.32 Å². The van der Waals surface area contributed by atoms with Crippen molar-refractivity contribution in [3.8, 4) is 0 Å². The molecule has 0 saturated carbocycles. The summed E-state index contributed by atoms with van der Waals surface area (Å²) >= 11 is 1.64. The lowest BCUT2D eigenvalue weighted by Gasteiger charge is -2.24. The first kappa shape index (κ1) is 9.99. The predicted octanol–water partition coefficient (Wildman–Crippen LogP) is 2.62. The summed E-state index contributed by atoms with van der Waals surface area (Å²) in [6.07, 6.45) is 1.14. The number of fused-ring (bicyclic) bond motifs is 1. The van der Waals surface area contributed by atoms with E-state index in [1.807, 2.05) is 19.2 Å². The lowest BCUT2D eigenvalue weighted by molar-refractivity contribution is 0.559. The van der Waals surface area contributed by atoms with Crippen molar-refractivity contribution in [2.45, 2.75) is 17.2 Å². The van der Waals surface area contributed by atoms with E-state index in [1.54, 1.807) is 17.8 Å². The topological polar surface area (TPSA) is 12.0 Å². The van der Waals surface area contributed by atoms with Gasteiger partial charge < -0.3 is 5.32 Å². The first-order valence-corrected chi connectivity index (χ1v) is 5.87. The predicted molar refractivity (Wildman–Crippen MR) is 58.4 cm³/mol. The molecule has 0 bridgehead atoms. The van der Waals surface area contributed by atoms with Crippen LogP contribution in [0.15, 0.2) is 23.1 Å². The van der Waals surface area contributed by atoms with Crippen molar-refractivity contribution < 1.29 is 4.39 Å². The summed E-state index contributed by atoms with van der Waals surface area (Å²) in [5, 5.41) is 3.17. The molecule has 1 unspecified atom stereocenters. The fourth-order valence-electron chi connectivity index (χ4n) is 1.92. The molecule has 1 nitrogen and oxygen atoms in total. The molecule has 1 atom stereocenters. The van der Waals surface area contributed by atoms with E-state index in [4.69, 9.17) is 0 Å². The lowest BCUT2D eigenvalue weighted by atomic mass is 9.96. The second kappa shape index (κ2) is 4.32. The van der Waals surface area contributed by atoms with Gasteiger partial charge in [0.15, 0.2) is 0 Å². The third-order valence-corrected chi connectivity index (χ3v) is 3.76. The molecule has 1 aromatic rings. The van der Waals surface area contributed by atoms with Crippen molar-refractivity contribution in [2.75, 3.05) is 19.3 Å². The molecule has 14 heavy (non-hydrogen) atoms. The van der Waals surface area contributed by atoms with Crippen molar-refractivity contribution in [3.63, 3.8) is 0 Å². The number of hydrogen-bond donors (Lipinski definition) is 1. The van der Waals surface area contributed by atoms with Gasteiger partial charge in [0.25, 0.3) is 0 Å². The number of rotatable bonds is 2. The van der Waals surface area contributed by atoms with Gasteiger partial charge in [-0.05, 0) is 36.8 Å². The minimum Gasteiger partial charge on any atom is -0.319 e. The van der Waals surface area contributed by atoms with Gasteiger partial charge >= 0.3 is 0 Å².